The lowest BCUT2D eigenvalue weighted by atomic mass is 10.1. The van der Waals surface area contributed by atoms with Crippen molar-refractivity contribution in [3.63, 3.8) is 0 Å². The van der Waals surface area contributed by atoms with Gasteiger partial charge in [-0.2, -0.15) is 0 Å². The van der Waals surface area contributed by atoms with Gasteiger partial charge >= 0.3 is 6.03 Å². The molecule has 1 heterocycles. The average Bonchev–Trinajstić information content (AvgIpc) is 2.58. The second kappa shape index (κ2) is 7.57. The number of halogens is 1. The summed E-state index contributed by atoms with van der Waals surface area (Å²) in [6.07, 6.45) is 2.58. The Morgan fingerprint density at radius 2 is 1.72 bits per heavy atom. The Hall–Kier alpha value is -2.53. The van der Waals surface area contributed by atoms with Crippen molar-refractivity contribution in [2.24, 2.45) is 0 Å². The van der Waals surface area contributed by atoms with Gasteiger partial charge in [-0.15, -0.1) is 0 Å². The molecule has 1 aliphatic heterocycles. The highest BCUT2D eigenvalue weighted by atomic mass is 35.5. The fourth-order valence-corrected chi connectivity index (χ4v) is 3.05. The van der Waals surface area contributed by atoms with E-state index >= 15 is 0 Å². The molecule has 0 saturated carbocycles. The number of urea groups is 1. The molecule has 2 N–H and O–H groups in total. The van der Waals surface area contributed by atoms with Crippen LogP contribution in [0.15, 0.2) is 42.5 Å². The van der Waals surface area contributed by atoms with Gasteiger partial charge in [0, 0.05) is 35.1 Å². The third-order valence-electron chi connectivity index (χ3n) is 4.17. The van der Waals surface area contributed by atoms with Crippen LogP contribution in [0.5, 0.6) is 0 Å². The normalized spacial score (nSPS) is 14.3. The van der Waals surface area contributed by atoms with Crippen molar-refractivity contribution in [3.05, 3.63) is 53.1 Å². The molecule has 0 spiro atoms. The van der Waals surface area contributed by atoms with Gasteiger partial charge in [0.15, 0.2) is 0 Å². The lowest BCUT2D eigenvalue weighted by Gasteiger charge is -2.28. The maximum atomic E-state index is 12.1. The zero-order valence-electron chi connectivity index (χ0n) is 14.0. The van der Waals surface area contributed by atoms with Crippen LogP contribution in [0.25, 0.3) is 0 Å². The zero-order chi connectivity index (χ0) is 17.8. The summed E-state index contributed by atoms with van der Waals surface area (Å²) in [4.78, 5) is 26.0. The Balaban J connectivity index is 1.67. The molecule has 25 heavy (non-hydrogen) atoms. The molecule has 2 aromatic rings. The summed E-state index contributed by atoms with van der Waals surface area (Å²) in [5.41, 5.74) is 3.21. The summed E-state index contributed by atoms with van der Waals surface area (Å²) in [5.74, 6) is 0.163. The summed E-state index contributed by atoms with van der Waals surface area (Å²) in [6.45, 7) is 2.70. The first-order valence-corrected chi connectivity index (χ1v) is 8.65. The Morgan fingerprint density at radius 1 is 1.04 bits per heavy atom. The molecule has 6 heteroatoms. The molecule has 1 fully saturated rings. The third kappa shape index (κ3) is 4.31. The number of hydrogen-bond acceptors (Lipinski definition) is 2. The highest BCUT2D eigenvalue weighted by Crippen LogP contribution is 2.27. The van der Waals surface area contributed by atoms with Crippen molar-refractivity contribution >= 4 is 40.6 Å². The molecule has 3 amide bonds. The lowest BCUT2D eigenvalue weighted by molar-refractivity contribution is -0.119. The van der Waals surface area contributed by atoms with Crippen LogP contribution in [0.2, 0.25) is 5.02 Å². The monoisotopic (exact) mass is 357 g/mol. The number of amides is 3. The highest BCUT2D eigenvalue weighted by molar-refractivity contribution is 6.30. The fraction of sp³-hybridized carbons (Fsp3) is 0.263. The highest BCUT2D eigenvalue weighted by Gasteiger charge is 2.21. The molecular formula is C19H20ClN3O2. The van der Waals surface area contributed by atoms with Gasteiger partial charge in [0.1, 0.15) is 0 Å². The first-order valence-electron chi connectivity index (χ1n) is 8.27. The van der Waals surface area contributed by atoms with Crippen LogP contribution in [-0.2, 0) is 4.79 Å². The number of benzene rings is 2. The maximum Gasteiger partial charge on any atom is 0.323 e. The number of nitrogens with zero attached hydrogens (tertiary/aromatic N) is 1. The maximum absolute atomic E-state index is 12.1. The van der Waals surface area contributed by atoms with Gasteiger partial charge in [-0.05, 0) is 67.8 Å². The second-order valence-electron chi connectivity index (χ2n) is 6.09. The first kappa shape index (κ1) is 17.3. The molecule has 5 nitrogen and oxygen atoms in total. The van der Waals surface area contributed by atoms with Gasteiger partial charge in [-0.25, -0.2) is 4.79 Å². The predicted octanol–water partition coefficient (Wildman–Crippen LogP) is 4.81. The van der Waals surface area contributed by atoms with Gasteiger partial charge < -0.3 is 15.5 Å². The third-order valence-corrected chi connectivity index (χ3v) is 4.42. The summed E-state index contributed by atoms with van der Waals surface area (Å²) in [5, 5.41) is 6.16. The van der Waals surface area contributed by atoms with Crippen LogP contribution >= 0.6 is 11.6 Å². The molecule has 0 radical (unpaired) electrons. The van der Waals surface area contributed by atoms with Crippen molar-refractivity contribution in [1.29, 1.82) is 0 Å². The largest absolute Gasteiger partial charge is 0.323 e. The van der Waals surface area contributed by atoms with Crippen LogP contribution in [0.4, 0.5) is 21.9 Å². The Kier molecular flexibility index (Phi) is 5.24. The van der Waals surface area contributed by atoms with E-state index in [1.807, 2.05) is 30.0 Å². The van der Waals surface area contributed by atoms with Crippen molar-refractivity contribution in [3.8, 4) is 0 Å². The minimum atomic E-state index is -0.330. The Bertz CT molecular complexity index is 790. The van der Waals surface area contributed by atoms with Gasteiger partial charge in [-0.3, -0.25) is 4.79 Å². The molecule has 1 aliphatic rings. The van der Waals surface area contributed by atoms with Gasteiger partial charge in [-0.1, -0.05) is 11.6 Å². The Morgan fingerprint density at radius 3 is 2.40 bits per heavy atom. The number of carbonyl (C=O) groups excluding carboxylic acids is 2. The van der Waals surface area contributed by atoms with Gasteiger partial charge in [0.2, 0.25) is 5.91 Å². The number of rotatable bonds is 3. The van der Waals surface area contributed by atoms with Crippen LogP contribution in [0, 0.1) is 6.92 Å². The van der Waals surface area contributed by atoms with E-state index in [1.165, 1.54) is 0 Å². The first-order chi connectivity index (χ1) is 12.0. The van der Waals surface area contributed by atoms with E-state index in [1.54, 1.807) is 24.3 Å². The zero-order valence-corrected chi connectivity index (χ0v) is 14.8. The summed E-state index contributed by atoms with van der Waals surface area (Å²) >= 11 is 5.83. The summed E-state index contributed by atoms with van der Waals surface area (Å²) in [7, 11) is 0. The molecule has 1 saturated heterocycles. The van der Waals surface area contributed by atoms with E-state index < -0.39 is 0 Å². The number of hydrogen-bond donors (Lipinski definition) is 2. The number of anilines is 3. The molecule has 130 valence electrons. The minimum Gasteiger partial charge on any atom is -0.312 e. The number of nitrogens with one attached hydrogen (secondary N) is 2. The molecule has 0 atom stereocenters. The minimum absolute atomic E-state index is 0.163. The van der Waals surface area contributed by atoms with Gasteiger partial charge in [0.05, 0.1) is 0 Å². The molecule has 0 bridgehead atoms. The predicted molar refractivity (Wildman–Crippen MR) is 101 cm³/mol. The Labute approximate surface area is 152 Å². The molecule has 0 unspecified atom stereocenters. The molecular weight excluding hydrogens is 338 g/mol. The van der Waals surface area contributed by atoms with Crippen LogP contribution in [-0.4, -0.2) is 18.5 Å². The van der Waals surface area contributed by atoms with E-state index in [2.05, 4.69) is 10.6 Å². The summed E-state index contributed by atoms with van der Waals surface area (Å²) in [6, 6.07) is 12.1. The number of carbonyl (C=O) groups is 2. The molecule has 3 rings (SSSR count). The quantitative estimate of drug-likeness (QED) is 0.828. The molecule has 0 aliphatic carbocycles. The number of aryl methyl sites for hydroxylation is 1. The van der Waals surface area contributed by atoms with Crippen molar-refractivity contribution in [1.82, 2.24) is 0 Å². The topological polar surface area (TPSA) is 61.4 Å². The van der Waals surface area contributed by atoms with E-state index in [-0.39, 0.29) is 11.9 Å². The summed E-state index contributed by atoms with van der Waals surface area (Å²) < 4.78 is 0. The van der Waals surface area contributed by atoms with Crippen LogP contribution in [0.3, 0.4) is 0 Å². The SMILES string of the molecule is Cc1cc(NC(=O)Nc2ccc(Cl)cc2)ccc1N1CCCCC1=O. The fourth-order valence-electron chi connectivity index (χ4n) is 2.92. The van der Waals surface area contributed by atoms with E-state index in [4.69, 9.17) is 11.6 Å². The van der Waals surface area contributed by atoms with E-state index in [0.29, 0.717) is 22.8 Å². The van der Waals surface area contributed by atoms with Crippen LogP contribution < -0.4 is 15.5 Å². The average molecular weight is 358 g/mol. The molecule has 0 aromatic heterocycles. The smallest absolute Gasteiger partial charge is 0.312 e. The van der Waals surface area contributed by atoms with E-state index in [0.717, 1.165) is 30.6 Å². The number of piperidine rings is 1. The molecule has 2 aromatic carbocycles. The second-order valence-corrected chi connectivity index (χ2v) is 6.53. The van der Waals surface area contributed by atoms with E-state index in [9.17, 15) is 9.59 Å². The van der Waals surface area contributed by atoms with Crippen molar-refractivity contribution in [2.75, 3.05) is 22.1 Å². The van der Waals surface area contributed by atoms with Gasteiger partial charge in [0.25, 0.3) is 0 Å². The standard InChI is InChI=1S/C19H20ClN3O2/c1-13-12-16(9-10-17(13)23-11-3-2-4-18(23)24)22-19(25)21-15-7-5-14(20)6-8-15/h5-10,12H,2-4,11H2,1H3,(H2,21,22,25). The lowest BCUT2D eigenvalue weighted by Crippen LogP contribution is -2.35. The van der Waals surface area contributed by atoms with Crippen LogP contribution in [0.1, 0.15) is 24.8 Å². The van der Waals surface area contributed by atoms with Crippen molar-refractivity contribution in [2.45, 2.75) is 26.2 Å². The van der Waals surface area contributed by atoms with Crippen molar-refractivity contribution < 1.29 is 9.59 Å².